The maximum Gasteiger partial charge on any atom is 0.222 e. The van der Waals surface area contributed by atoms with Crippen LogP contribution in [0.15, 0.2) is 0 Å². The van der Waals surface area contributed by atoms with Crippen LogP contribution in [0.1, 0.15) is 84.0 Å². The molecular weight excluding hydrogens is 326 g/mol. The van der Waals surface area contributed by atoms with E-state index in [4.69, 9.17) is 0 Å². The molecule has 0 spiro atoms. The number of likely N-dealkylation sites (tertiary alicyclic amines) is 1. The second-order valence-corrected chi connectivity index (χ2v) is 7.34. The van der Waals surface area contributed by atoms with Gasteiger partial charge in [0.2, 0.25) is 5.91 Å². The molecule has 1 rings (SSSR count). The molecular formula is C18H34BrNO. The minimum absolute atomic E-state index is 0.398. The van der Waals surface area contributed by atoms with E-state index in [-0.39, 0.29) is 0 Å². The first-order chi connectivity index (χ1) is 10.3. The van der Waals surface area contributed by atoms with Gasteiger partial charge in [-0.05, 0) is 25.2 Å². The Morgan fingerprint density at radius 3 is 2.29 bits per heavy atom. The fraction of sp³-hybridized carbons (Fsp3) is 0.944. The van der Waals surface area contributed by atoms with E-state index in [2.05, 4.69) is 27.8 Å². The maximum atomic E-state index is 12.1. The normalized spacial score (nSPS) is 18.4. The van der Waals surface area contributed by atoms with Crippen molar-refractivity contribution in [3.8, 4) is 0 Å². The van der Waals surface area contributed by atoms with E-state index in [0.29, 0.717) is 5.91 Å². The summed E-state index contributed by atoms with van der Waals surface area (Å²) in [4.78, 5) is 14.2. The van der Waals surface area contributed by atoms with Crippen molar-refractivity contribution in [1.82, 2.24) is 4.90 Å². The quantitative estimate of drug-likeness (QED) is 0.330. The molecule has 0 bridgehead atoms. The third-order valence-electron chi connectivity index (χ3n) is 4.65. The van der Waals surface area contributed by atoms with Gasteiger partial charge in [-0.25, -0.2) is 0 Å². The first-order valence-corrected chi connectivity index (χ1v) is 10.2. The molecule has 0 aromatic rings. The summed E-state index contributed by atoms with van der Waals surface area (Å²) in [5.41, 5.74) is 0. The van der Waals surface area contributed by atoms with Crippen LogP contribution in [-0.2, 0) is 4.79 Å². The molecule has 21 heavy (non-hydrogen) atoms. The Bertz CT molecular complexity index is 270. The molecule has 2 nitrogen and oxygen atoms in total. The van der Waals surface area contributed by atoms with Crippen molar-refractivity contribution in [3.05, 3.63) is 0 Å². The van der Waals surface area contributed by atoms with Gasteiger partial charge in [0.05, 0.1) is 0 Å². The third-order valence-corrected chi connectivity index (χ3v) is 5.11. The van der Waals surface area contributed by atoms with Gasteiger partial charge in [0.1, 0.15) is 0 Å². The number of rotatable bonds is 12. The van der Waals surface area contributed by atoms with Crippen molar-refractivity contribution in [1.29, 1.82) is 0 Å². The number of amides is 1. The van der Waals surface area contributed by atoms with Crippen molar-refractivity contribution in [3.63, 3.8) is 0 Å². The highest BCUT2D eigenvalue weighted by Gasteiger charge is 2.24. The summed E-state index contributed by atoms with van der Waals surface area (Å²) in [5.74, 6) is 1.13. The summed E-state index contributed by atoms with van der Waals surface area (Å²) < 4.78 is 0. The standard InChI is InChI=1S/C18H34BrNO/c1-2-3-4-5-6-7-8-9-10-11-18(21)20-15-13-17(16-20)12-14-19/h17H,2-16H2,1H3. The molecule has 0 aliphatic carbocycles. The van der Waals surface area contributed by atoms with Gasteiger partial charge in [-0.15, -0.1) is 0 Å². The van der Waals surface area contributed by atoms with E-state index in [0.717, 1.165) is 37.2 Å². The molecule has 1 unspecified atom stereocenters. The zero-order valence-corrected chi connectivity index (χ0v) is 15.5. The molecule has 1 saturated heterocycles. The van der Waals surface area contributed by atoms with Crippen LogP contribution in [-0.4, -0.2) is 29.2 Å². The summed E-state index contributed by atoms with van der Waals surface area (Å²) in [6, 6.07) is 0. The lowest BCUT2D eigenvalue weighted by atomic mass is 10.1. The van der Waals surface area contributed by atoms with Crippen molar-refractivity contribution in [2.24, 2.45) is 5.92 Å². The number of nitrogens with zero attached hydrogens (tertiary/aromatic N) is 1. The molecule has 3 heteroatoms. The minimum Gasteiger partial charge on any atom is -0.342 e. The number of hydrogen-bond acceptors (Lipinski definition) is 1. The number of hydrogen-bond donors (Lipinski definition) is 0. The number of carbonyl (C=O) groups is 1. The van der Waals surface area contributed by atoms with Gasteiger partial charge < -0.3 is 4.90 Å². The fourth-order valence-corrected chi connectivity index (χ4v) is 3.84. The molecule has 0 radical (unpaired) electrons. The Morgan fingerprint density at radius 1 is 1.05 bits per heavy atom. The molecule has 0 N–H and O–H groups in total. The minimum atomic E-state index is 0.398. The van der Waals surface area contributed by atoms with E-state index in [1.54, 1.807) is 0 Å². The summed E-state index contributed by atoms with van der Waals surface area (Å²) in [6.45, 7) is 4.26. The molecule has 1 aliphatic rings. The van der Waals surface area contributed by atoms with E-state index in [1.165, 1.54) is 64.2 Å². The van der Waals surface area contributed by atoms with Crippen LogP contribution in [0.2, 0.25) is 0 Å². The molecule has 1 heterocycles. The van der Waals surface area contributed by atoms with Gasteiger partial charge in [-0.2, -0.15) is 0 Å². The molecule has 1 aliphatic heterocycles. The van der Waals surface area contributed by atoms with Crippen LogP contribution in [0, 0.1) is 5.92 Å². The Hall–Kier alpha value is -0.0500. The first-order valence-electron chi connectivity index (χ1n) is 9.11. The van der Waals surface area contributed by atoms with Gasteiger partial charge in [0, 0.05) is 24.8 Å². The molecule has 1 atom stereocenters. The Morgan fingerprint density at radius 2 is 1.67 bits per heavy atom. The Kier molecular flexibility index (Phi) is 11.3. The van der Waals surface area contributed by atoms with Crippen LogP contribution in [0.25, 0.3) is 0 Å². The van der Waals surface area contributed by atoms with Gasteiger partial charge >= 0.3 is 0 Å². The summed E-state index contributed by atoms with van der Waals surface area (Å²) in [6.07, 6.45) is 15.1. The second-order valence-electron chi connectivity index (χ2n) is 6.55. The monoisotopic (exact) mass is 359 g/mol. The van der Waals surface area contributed by atoms with Crippen molar-refractivity contribution in [2.45, 2.75) is 84.0 Å². The fourth-order valence-electron chi connectivity index (χ4n) is 3.19. The van der Waals surface area contributed by atoms with E-state index >= 15 is 0 Å². The molecule has 1 fully saturated rings. The van der Waals surface area contributed by atoms with Crippen molar-refractivity contribution in [2.75, 3.05) is 18.4 Å². The molecule has 124 valence electrons. The van der Waals surface area contributed by atoms with Crippen molar-refractivity contribution >= 4 is 21.8 Å². The van der Waals surface area contributed by atoms with Crippen molar-refractivity contribution < 1.29 is 4.79 Å². The first kappa shape index (κ1) is 19.0. The number of carbonyl (C=O) groups excluding carboxylic acids is 1. The van der Waals surface area contributed by atoms with Gasteiger partial charge in [0.25, 0.3) is 0 Å². The number of halogens is 1. The second kappa shape index (κ2) is 12.5. The molecule has 0 aromatic heterocycles. The largest absolute Gasteiger partial charge is 0.342 e. The topological polar surface area (TPSA) is 20.3 Å². The average molecular weight is 360 g/mol. The number of alkyl halides is 1. The highest BCUT2D eigenvalue weighted by Crippen LogP contribution is 2.21. The summed E-state index contributed by atoms with van der Waals surface area (Å²) in [7, 11) is 0. The average Bonchev–Trinajstić information content (AvgIpc) is 2.94. The van der Waals surface area contributed by atoms with Crippen LogP contribution in [0.3, 0.4) is 0 Å². The summed E-state index contributed by atoms with van der Waals surface area (Å²) >= 11 is 3.50. The van der Waals surface area contributed by atoms with E-state index in [9.17, 15) is 4.79 Å². The molecule has 0 aromatic carbocycles. The zero-order chi connectivity index (χ0) is 15.3. The highest BCUT2D eigenvalue weighted by molar-refractivity contribution is 9.09. The third kappa shape index (κ3) is 8.85. The Labute approximate surface area is 140 Å². The SMILES string of the molecule is CCCCCCCCCCCC(=O)N1CCC(CCBr)C1. The van der Waals surface area contributed by atoms with Crippen LogP contribution >= 0.6 is 15.9 Å². The lowest BCUT2D eigenvalue weighted by Gasteiger charge is -2.16. The molecule has 1 amide bonds. The van der Waals surface area contributed by atoms with Gasteiger partial charge in [-0.3, -0.25) is 4.79 Å². The van der Waals surface area contributed by atoms with Gasteiger partial charge in [-0.1, -0.05) is 74.2 Å². The smallest absolute Gasteiger partial charge is 0.222 e. The van der Waals surface area contributed by atoms with Crippen LogP contribution < -0.4 is 0 Å². The lowest BCUT2D eigenvalue weighted by molar-refractivity contribution is -0.130. The molecule has 0 saturated carbocycles. The number of unbranched alkanes of at least 4 members (excludes halogenated alkanes) is 8. The predicted octanol–water partition coefficient (Wildman–Crippen LogP) is 5.54. The predicted molar refractivity (Wildman–Crippen MR) is 94.9 cm³/mol. The lowest BCUT2D eigenvalue weighted by Crippen LogP contribution is -2.28. The highest BCUT2D eigenvalue weighted by atomic mass is 79.9. The summed E-state index contributed by atoms with van der Waals surface area (Å²) in [5, 5.41) is 1.07. The van der Waals surface area contributed by atoms with Crippen LogP contribution in [0.5, 0.6) is 0 Å². The maximum absolute atomic E-state index is 12.1. The van der Waals surface area contributed by atoms with E-state index in [1.807, 2.05) is 0 Å². The van der Waals surface area contributed by atoms with E-state index < -0.39 is 0 Å². The Balaban J connectivity index is 1.92. The van der Waals surface area contributed by atoms with Crippen LogP contribution in [0.4, 0.5) is 0 Å². The van der Waals surface area contributed by atoms with Gasteiger partial charge in [0.15, 0.2) is 0 Å². The zero-order valence-electron chi connectivity index (χ0n) is 13.9.